The van der Waals surface area contributed by atoms with E-state index in [0.29, 0.717) is 11.7 Å². The number of benzene rings is 1. The lowest BCUT2D eigenvalue weighted by Crippen LogP contribution is -2.13. The first-order valence-electron chi connectivity index (χ1n) is 8.81. The molecule has 3 aromatic rings. The van der Waals surface area contributed by atoms with Gasteiger partial charge in [-0.1, -0.05) is 26.0 Å². The molecule has 2 heterocycles. The molecular weight excluding hydrogens is 346 g/mol. The Morgan fingerprint density at radius 1 is 1.19 bits per heavy atom. The molecule has 142 valence electrons. The number of ether oxygens (including phenoxy) is 1. The lowest BCUT2D eigenvalue weighted by molar-refractivity contribution is 0.0444. The number of nitrogens with zero attached hydrogens (tertiary/aromatic N) is 5. The third-order valence-electron chi connectivity index (χ3n) is 4.18. The number of rotatable bonds is 6. The smallest absolute Gasteiger partial charge is 0.363 e. The van der Waals surface area contributed by atoms with Gasteiger partial charge in [-0.2, -0.15) is 10.2 Å². The molecule has 1 aromatic carbocycles. The fourth-order valence-electron chi connectivity index (χ4n) is 2.66. The van der Waals surface area contributed by atoms with Crippen LogP contribution in [0.2, 0.25) is 0 Å². The van der Waals surface area contributed by atoms with E-state index in [9.17, 15) is 9.90 Å². The third-order valence-corrected chi connectivity index (χ3v) is 4.18. The third kappa shape index (κ3) is 3.99. The van der Waals surface area contributed by atoms with Crippen molar-refractivity contribution in [3.05, 3.63) is 53.9 Å². The van der Waals surface area contributed by atoms with Crippen LogP contribution >= 0.6 is 0 Å². The van der Waals surface area contributed by atoms with Gasteiger partial charge >= 0.3 is 5.97 Å². The van der Waals surface area contributed by atoms with Gasteiger partial charge in [-0.25, -0.2) is 19.1 Å². The van der Waals surface area contributed by atoms with Crippen molar-refractivity contribution in [3.63, 3.8) is 0 Å². The topological polar surface area (TPSA) is 95.1 Å². The van der Waals surface area contributed by atoms with Crippen molar-refractivity contribution in [2.45, 2.75) is 46.3 Å². The van der Waals surface area contributed by atoms with Crippen LogP contribution in [0.25, 0.3) is 5.69 Å². The lowest BCUT2D eigenvalue weighted by atomic mass is 10.0. The van der Waals surface area contributed by atoms with Crippen LogP contribution in [-0.2, 0) is 11.3 Å². The summed E-state index contributed by atoms with van der Waals surface area (Å²) in [5.74, 6) is -0.00772. The van der Waals surface area contributed by atoms with Gasteiger partial charge in [0.1, 0.15) is 6.33 Å². The van der Waals surface area contributed by atoms with Gasteiger partial charge in [0, 0.05) is 6.04 Å². The Labute approximate surface area is 157 Å². The van der Waals surface area contributed by atoms with Crippen LogP contribution in [-0.4, -0.2) is 35.6 Å². The fourth-order valence-corrected chi connectivity index (χ4v) is 2.66. The molecule has 0 radical (unpaired) electrons. The molecule has 0 saturated carbocycles. The van der Waals surface area contributed by atoms with E-state index in [0.717, 1.165) is 5.69 Å². The van der Waals surface area contributed by atoms with Crippen LogP contribution in [0.3, 0.4) is 0 Å². The Balaban J connectivity index is 1.73. The van der Waals surface area contributed by atoms with Crippen LogP contribution in [0.5, 0.6) is 5.75 Å². The van der Waals surface area contributed by atoms with Gasteiger partial charge in [0.15, 0.2) is 18.2 Å². The Morgan fingerprint density at radius 3 is 2.52 bits per heavy atom. The summed E-state index contributed by atoms with van der Waals surface area (Å²) >= 11 is 0. The maximum Gasteiger partial charge on any atom is 0.363 e. The molecular formula is C19H23N5O3. The number of hydrogen-bond acceptors (Lipinski definition) is 6. The van der Waals surface area contributed by atoms with Crippen LogP contribution in [0, 0.1) is 0 Å². The molecule has 27 heavy (non-hydrogen) atoms. The molecule has 8 nitrogen and oxygen atoms in total. The second-order valence-corrected chi connectivity index (χ2v) is 6.84. The quantitative estimate of drug-likeness (QED) is 0.670. The first-order chi connectivity index (χ1) is 12.9. The first-order valence-corrected chi connectivity index (χ1v) is 8.81. The summed E-state index contributed by atoms with van der Waals surface area (Å²) in [4.78, 5) is 16.4. The highest BCUT2D eigenvalue weighted by Gasteiger charge is 2.20. The largest absolute Gasteiger partial charge is 0.504 e. The van der Waals surface area contributed by atoms with Gasteiger partial charge in [0.05, 0.1) is 11.9 Å². The second kappa shape index (κ2) is 7.61. The maximum absolute atomic E-state index is 12.3. The van der Waals surface area contributed by atoms with Crippen molar-refractivity contribution < 1.29 is 14.6 Å². The van der Waals surface area contributed by atoms with Crippen molar-refractivity contribution in [3.8, 4) is 11.4 Å². The van der Waals surface area contributed by atoms with Crippen molar-refractivity contribution in [1.82, 2.24) is 24.5 Å². The van der Waals surface area contributed by atoms with Gasteiger partial charge in [0.25, 0.3) is 0 Å². The summed E-state index contributed by atoms with van der Waals surface area (Å²) in [6.07, 6.45) is 2.80. The predicted molar refractivity (Wildman–Crippen MR) is 98.8 cm³/mol. The molecule has 0 atom stereocenters. The summed E-state index contributed by atoms with van der Waals surface area (Å²) in [6.45, 7) is 8.09. The number of carbonyl (C=O) groups is 1. The Kier molecular flexibility index (Phi) is 5.25. The molecule has 0 aliphatic heterocycles. The zero-order valence-corrected chi connectivity index (χ0v) is 15.8. The van der Waals surface area contributed by atoms with E-state index in [2.05, 4.69) is 29.0 Å². The Hall–Kier alpha value is -3.16. The summed E-state index contributed by atoms with van der Waals surface area (Å²) in [5, 5.41) is 18.3. The Morgan fingerprint density at radius 2 is 1.89 bits per heavy atom. The van der Waals surface area contributed by atoms with Crippen molar-refractivity contribution in [2.75, 3.05) is 0 Å². The van der Waals surface area contributed by atoms with Crippen LogP contribution in [0.15, 0.2) is 36.8 Å². The monoisotopic (exact) mass is 369 g/mol. The molecule has 1 N–H and O–H groups in total. The van der Waals surface area contributed by atoms with Crippen molar-refractivity contribution in [2.24, 2.45) is 0 Å². The minimum Gasteiger partial charge on any atom is -0.504 e. The van der Waals surface area contributed by atoms with E-state index in [1.165, 1.54) is 22.8 Å². The summed E-state index contributed by atoms with van der Waals surface area (Å²) in [5.41, 5.74) is 1.80. The molecule has 8 heteroatoms. The molecule has 0 fully saturated rings. The highest BCUT2D eigenvalue weighted by Crippen LogP contribution is 2.21. The second-order valence-electron chi connectivity index (χ2n) is 6.84. The maximum atomic E-state index is 12.3. The molecule has 0 spiro atoms. The number of esters is 1. The number of aromatic hydroxyl groups is 1. The van der Waals surface area contributed by atoms with Gasteiger partial charge < -0.3 is 9.84 Å². The zero-order chi connectivity index (χ0) is 19.6. The summed E-state index contributed by atoms with van der Waals surface area (Å²) in [7, 11) is 0. The highest BCUT2D eigenvalue weighted by molar-refractivity contribution is 5.90. The molecule has 0 aliphatic rings. The van der Waals surface area contributed by atoms with E-state index in [1.807, 2.05) is 38.1 Å². The zero-order valence-electron chi connectivity index (χ0n) is 15.8. The summed E-state index contributed by atoms with van der Waals surface area (Å²) < 4.78 is 8.37. The van der Waals surface area contributed by atoms with Crippen LogP contribution in [0.1, 0.15) is 61.5 Å². The molecule has 0 unspecified atom stereocenters. The number of carbonyl (C=O) groups excluding carboxylic acids is 1. The predicted octanol–water partition coefficient (Wildman–Crippen LogP) is 3.23. The molecule has 0 saturated heterocycles. The average Bonchev–Trinajstić information content (AvgIpc) is 3.26. The highest BCUT2D eigenvalue weighted by atomic mass is 16.5. The standard InChI is InChI=1S/C19H23N5O3/c1-12(2)14-5-7-15(8-6-14)23-9-16(25)18(22-23)19(26)27-10-17-20-11-21-24(17)13(3)4/h5-9,11-13,25H,10H2,1-4H3. The SMILES string of the molecule is CC(C)c1ccc(-n2cc(O)c(C(=O)OCc3ncnn3C(C)C)n2)cc1. The van der Waals surface area contributed by atoms with E-state index in [4.69, 9.17) is 4.74 Å². The molecule has 0 aliphatic carbocycles. The van der Waals surface area contributed by atoms with E-state index in [1.54, 1.807) is 4.68 Å². The molecule has 2 aromatic heterocycles. The normalized spacial score (nSPS) is 11.3. The molecule has 3 rings (SSSR count). The van der Waals surface area contributed by atoms with Crippen LogP contribution in [0.4, 0.5) is 0 Å². The van der Waals surface area contributed by atoms with Gasteiger partial charge in [0.2, 0.25) is 5.69 Å². The molecule has 0 amide bonds. The van der Waals surface area contributed by atoms with E-state index >= 15 is 0 Å². The van der Waals surface area contributed by atoms with Gasteiger partial charge in [-0.05, 0) is 37.5 Å². The van der Waals surface area contributed by atoms with Gasteiger partial charge in [-0.3, -0.25) is 0 Å². The minimum absolute atomic E-state index is 0.0492. The molecule has 0 bridgehead atoms. The number of aromatic nitrogens is 5. The minimum atomic E-state index is -0.719. The fraction of sp³-hybridized carbons (Fsp3) is 0.368. The Bertz CT molecular complexity index is 925. The van der Waals surface area contributed by atoms with Gasteiger partial charge in [-0.15, -0.1) is 0 Å². The van der Waals surface area contributed by atoms with Crippen LogP contribution < -0.4 is 0 Å². The summed E-state index contributed by atoms with van der Waals surface area (Å²) in [6, 6.07) is 7.87. The van der Waals surface area contributed by atoms with E-state index in [-0.39, 0.29) is 24.1 Å². The number of hydrogen-bond donors (Lipinski definition) is 1. The first kappa shape index (κ1) is 18.6. The lowest BCUT2D eigenvalue weighted by Gasteiger charge is -2.09. The van der Waals surface area contributed by atoms with Crippen molar-refractivity contribution in [1.29, 1.82) is 0 Å². The van der Waals surface area contributed by atoms with Crippen molar-refractivity contribution >= 4 is 5.97 Å². The average molecular weight is 369 g/mol. The van der Waals surface area contributed by atoms with E-state index < -0.39 is 5.97 Å².